The molecule has 1 aromatic heterocycles. The van der Waals surface area contributed by atoms with Crippen LogP contribution in [0.2, 0.25) is 0 Å². The lowest BCUT2D eigenvalue weighted by molar-refractivity contribution is -0.121. The van der Waals surface area contributed by atoms with Gasteiger partial charge in [-0.3, -0.25) is 9.59 Å². The number of carbonyl (C=O) groups excluding carboxylic acids is 2. The van der Waals surface area contributed by atoms with E-state index in [-0.39, 0.29) is 17.2 Å². The molecule has 0 aliphatic rings. The molecule has 0 unspecified atom stereocenters. The highest BCUT2D eigenvalue weighted by molar-refractivity contribution is 7.08. The van der Waals surface area contributed by atoms with Crippen molar-refractivity contribution in [3.8, 4) is 0 Å². The molecule has 22 heavy (non-hydrogen) atoms. The molecule has 6 heteroatoms. The van der Waals surface area contributed by atoms with Gasteiger partial charge in [-0.05, 0) is 37.4 Å². The Hall–Kier alpha value is -1.40. The number of rotatable bonds is 9. The molecule has 0 saturated heterocycles. The van der Waals surface area contributed by atoms with E-state index in [0.29, 0.717) is 31.5 Å². The molecule has 1 rings (SSSR count). The largest absolute Gasteiger partial charge is 0.356 e. The van der Waals surface area contributed by atoms with Gasteiger partial charge >= 0.3 is 0 Å². The molecule has 0 spiro atoms. The Morgan fingerprint density at radius 3 is 2.59 bits per heavy atom. The van der Waals surface area contributed by atoms with Crippen LogP contribution in [-0.4, -0.2) is 50.4 Å². The van der Waals surface area contributed by atoms with E-state index in [1.807, 2.05) is 24.9 Å². The molecular formula is C16H27N3O2S. The lowest BCUT2D eigenvalue weighted by Crippen LogP contribution is -2.40. The van der Waals surface area contributed by atoms with Crippen molar-refractivity contribution in [2.24, 2.45) is 5.41 Å². The van der Waals surface area contributed by atoms with Gasteiger partial charge in [0, 0.05) is 37.0 Å². The molecule has 1 aromatic rings. The molecule has 0 aliphatic heterocycles. The van der Waals surface area contributed by atoms with Crippen LogP contribution in [0.15, 0.2) is 16.8 Å². The number of hydrogen-bond acceptors (Lipinski definition) is 4. The molecule has 2 amide bonds. The zero-order valence-corrected chi connectivity index (χ0v) is 14.8. The molecule has 124 valence electrons. The normalized spacial score (nSPS) is 11.5. The standard InChI is InChI=1S/C16H27N3O2S/c1-16(2,12-19(3)4)11-18-14(20)6-5-8-17-15(21)13-7-9-22-10-13/h7,9-10H,5-6,8,11-12H2,1-4H3,(H,17,21)(H,18,20). The number of amides is 2. The van der Waals surface area contributed by atoms with E-state index in [2.05, 4.69) is 29.4 Å². The van der Waals surface area contributed by atoms with Crippen molar-refractivity contribution in [2.45, 2.75) is 26.7 Å². The summed E-state index contributed by atoms with van der Waals surface area (Å²) in [7, 11) is 4.06. The quantitative estimate of drug-likeness (QED) is 0.682. The zero-order chi connectivity index (χ0) is 16.6. The number of nitrogens with one attached hydrogen (secondary N) is 2. The van der Waals surface area contributed by atoms with Crippen LogP contribution in [0, 0.1) is 5.41 Å². The van der Waals surface area contributed by atoms with Crippen molar-refractivity contribution in [1.29, 1.82) is 0 Å². The van der Waals surface area contributed by atoms with Crippen LogP contribution in [0.3, 0.4) is 0 Å². The van der Waals surface area contributed by atoms with Crippen LogP contribution >= 0.6 is 11.3 Å². The van der Waals surface area contributed by atoms with E-state index in [1.165, 1.54) is 11.3 Å². The van der Waals surface area contributed by atoms with Crippen LogP contribution in [0.25, 0.3) is 0 Å². The number of thiophene rings is 1. The summed E-state index contributed by atoms with van der Waals surface area (Å²) in [4.78, 5) is 25.6. The Bertz CT molecular complexity index is 470. The van der Waals surface area contributed by atoms with Gasteiger partial charge in [0.05, 0.1) is 0 Å². The maximum Gasteiger partial charge on any atom is 0.252 e. The first kappa shape index (κ1) is 18.6. The van der Waals surface area contributed by atoms with E-state index >= 15 is 0 Å². The fraction of sp³-hybridized carbons (Fsp3) is 0.625. The summed E-state index contributed by atoms with van der Waals surface area (Å²) >= 11 is 1.50. The predicted octanol–water partition coefficient (Wildman–Crippen LogP) is 1.96. The highest BCUT2D eigenvalue weighted by Crippen LogP contribution is 2.14. The Morgan fingerprint density at radius 1 is 1.27 bits per heavy atom. The maximum absolute atomic E-state index is 11.8. The molecule has 0 bridgehead atoms. The van der Waals surface area contributed by atoms with Crippen molar-refractivity contribution in [3.63, 3.8) is 0 Å². The fourth-order valence-electron chi connectivity index (χ4n) is 2.28. The average molecular weight is 325 g/mol. The van der Waals surface area contributed by atoms with Gasteiger partial charge in [0.25, 0.3) is 5.91 Å². The van der Waals surface area contributed by atoms with Crippen LogP contribution in [0.5, 0.6) is 0 Å². The number of hydrogen-bond donors (Lipinski definition) is 2. The lowest BCUT2D eigenvalue weighted by Gasteiger charge is -2.28. The predicted molar refractivity (Wildman–Crippen MR) is 91.2 cm³/mol. The Kier molecular flexibility index (Phi) is 7.55. The first-order chi connectivity index (χ1) is 10.3. The summed E-state index contributed by atoms with van der Waals surface area (Å²) in [5.41, 5.74) is 0.728. The highest BCUT2D eigenvalue weighted by atomic mass is 32.1. The first-order valence-electron chi connectivity index (χ1n) is 7.52. The third-order valence-electron chi connectivity index (χ3n) is 3.16. The summed E-state index contributed by atoms with van der Waals surface area (Å²) in [6.07, 6.45) is 1.08. The Labute approximate surface area is 137 Å². The second-order valence-corrected chi connectivity index (χ2v) is 7.33. The van der Waals surface area contributed by atoms with Crippen molar-refractivity contribution in [1.82, 2.24) is 15.5 Å². The monoisotopic (exact) mass is 325 g/mol. The second kappa shape index (κ2) is 8.90. The molecule has 0 radical (unpaired) electrons. The van der Waals surface area contributed by atoms with Gasteiger partial charge in [-0.25, -0.2) is 0 Å². The van der Waals surface area contributed by atoms with Crippen molar-refractivity contribution in [2.75, 3.05) is 33.7 Å². The van der Waals surface area contributed by atoms with Gasteiger partial charge in [0.2, 0.25) is 5.91 Å². The summed E-state index contributed by atoms with van der Waals surface area (Å²) in [6, 6.07) is 1.79. The van der Waals surface area contributed by atoms with Crippen molar-refractivity contribution in [3.05, 3.63) is 22.4 Å². The molecule has 0 fully saturated rings. The number of nitrogens with zero attached hydrogens (tertiary/aromatic N) is 1. The Balaban J connectivity index is 2.14. The summed E-state index contributed by atoms with van der Waals surface area (Å²) in [6.45, 7) is 6.36. The van der Waals surface area contributed by atoms with E-state index in [0.717, 1.165) is 6.54 Å². The molecule has 2 N–H and O–H groups in total. The van der Waals surface area contributed by atoms with Crippen LogP contribution in [0.4, 0.5) is 0 Å². The SMILES string of the molecule is CN(C)CC(C)(C)CNC(=O)CCCNC(=O)c1ccsc1. The highest BCUT2D eigenvalue weighted by Gasteiger charge is 2.19. The van der Waals surface area contributed by atoms with Crippen LogP contribution in [0.1, 0.15) is 37.0 Å². The summed E-state index contributed by atoms with van der Waals surface area (Å²) in [5.74, 6) is -0.0367. The minimum absolute atomic E-state index is 0.0385. The zero-order valence-electron chi connectivity index (χ0n) is 13.9. The first-order valence-corrected chi connectivity index (χ1v) is 8.46. The smallest absolute Gasteiger partial charge is 0.252 e. The molecule has 5 nitrogen and oxygen atoms in total. The van der Waals surface area contributed by atoms with Gasteiger partial charge in [0.1, 0.15) is 0 Å². The fourth-order valence-corrected chi connectivity index (χ4v) is 2.92. The topological polar surface area (TPSA) is 61.4 Å². The van der Waals surface area contributed by atoms with E-state index in [4.69, 9.17) is 0 Å². The van der Waals surface area contributed by atoms with Crippen molar-refractivity contribution >= 4 is 23.2 Å². The average Bonchev–Trinajstić information content (AvgIpc) is 2.94. The van der Waals surface area contributed by atoms with E-state index in [1.54, 1.807) is 6.07 Å². The molecule has 0 aromatic carbocycles. The van der Waals surface area contributed by atoms with Crippen molar-refractivity contribution < 1.29 is 9.59 Å². The molecule has 0 saturated carbocycles. The minimum Gasteiger partial charge on any atom is -0.356 e. The lowest BCUT2D eigenvalue weighted by atomic mass is 9.93. The Morgan fingerprint density at radius 2 is 2.00 bits per heavy atom. The molecule has 1 heterocycles. The van der Waals surface area contributed by atoms with Gasteiger partial charge in [-0.2, -0.15) is 11.3 Å². The second-order valence-electron chi connectivity index (χ2n) is 6.55. The third-order valence-corrected chi connectivity index (χ3v) is 3.84. The third kappa shape index (κ3) is 7.56. The summed E-state index contributed by atoms with van der Waals surface area (Å²) in [5, 5.41) is 9.47. The van der Waals surface area contributed by atoms with Crippen LogP contribution in [-0.2, 0) is 4.79 Å². The van der Waals surface area contributed by atoms with E-state index < -0.39 is 0 Å². The number of carbonyl (C=O) groups is 2. The molecule has 0 aliphatic carbocycles. The van der Waals surface area contributed by atoms with Crippen LogP contribution < -0.4 is 10.6 Å². The van der Waals surface area contributed by atoms with Gasteiger partial charge < -0.3 is 15.5 Å². The van der Waals surface area contributed by atoms with E-state index in [9.17, 15) is 9.59 Å². The van der Waals surface area contributed by atoms with Gasteiger partial charge in [0.15, 0.2) is 0 Å². The summed E-state index contributed by atoms with van der Waals surface area (Å²) < 4.78 is 0. The van der Waals surface area contributed by atoms with Gasteiger partial charge in [-0.1, -0.05) is 13.8 Å². The minimum atomic E-state index is -0.0752. The molecule has 0 atom stereocenters. The van der Waals surface area contributed by atoms with Gasteiger partial charge in [-0.15, -0.1) is 0 Å². The molecular weight excluding hydrogens is 298 g/mol. The maximum atomic E-state index is 11.8.